The third-order valence-corrected chi connectivity index (χ3v) is 4.24. The van der Waals surface area contributed by atoms with Crippen LogP contribution in [0.1, 0.15) is 26.7 Å². The minimum atomic E-state index is -0.197. The second kappa shape index (κ2) is 10.8. The fraction of sp³-hybridized carbons (Fsp3) is 0.833. The fourth-order valence-corrected chi connectivity index (χ4v) is 1.49. The van der Waals surface area contributed by atoms with Crippen LogP contribution in [0, 0.1) is 11.8 Å². The first-order valence-corrected chi connectivity index (χ1v) is 8.22. The van der Waals surface area contributed by atoms with Crippen molar-refractivity contribution < 1.29 is 19.1 Å². The number of hydrogen-bond donors (Lipinski definition) is 0. The number of ether oxygens (including phenoxy) is 2. The average Bonchev–Trinajstić information content (AvgIpc) is 2.39. The quantitative estimate of drug-likeness (QED) is 0.346. The van der Waals surface area contributed by atoms with Crippen LogP contribution in [-0.2, 0) is 19.1 Å². The molecule has 0 spiro atoms. The molecule has 2 atom stereocenters. The summed E-state index contributed by atoms with van der Waals surface area (Å²) in [7, 11) is 0. The third-order valence-electron chi connectivity index (χ3n) is 2.29. The highest BCUT2D eigenvalue weighted by Crippen LogP contribution is 2.05. The van der Waals surface area contributed by atoms with Gasteiger partial charge in [-0.2, -0.15) is 0 Å². The number of carbonyl (C=O) groups is 2. The minimum Gasteiger partial charge on any atom is -0.465 e. The van der Waals surface area contributed by atoms with Gasteiger partial charge in [-0.3, -0.25) is 9.59 Å². The third kappa shape index (κ3) is 8.08. The zero-order valence-electron chi connectivity index (χ0n) is 10.8. The molecule has 18 heavy (non-hydrogen) atoms. The van der Waals surface area contributed by atoms with Gasteiger partial charge in [0.2, 0.25) is 0 Å². The Bertz CT molecular complexity index is 232. The Hall–Kier alpha value is -0.100. The lowest BCUT2D eigenvalue weighted by Crippen LogP contribution is -2.18. The first-order chi connectivity index (χ1) is 8.52. The summed E-state index contributed by atoms with van der Waals surface area (Å²) < 4.78 is 10.1. The number of halogens is 2. The van der Waals surface area contributed by atoms with Crippen molar-refractivity contribution in [2.45, 2.75) is 26.7 Å². The SMILES string of the molecule is CC(CBr)C(=O)OCCCCOC(=O)C(C)CBr. The van der Waals surface area contributed by atoms with Gasteiger partial charge in [0.05, 0.1) is 25.0 Å². The second-order valence-electron chi connectivity index (χ2n) is 4.15. The second-order valence-corrected chi connectivity index (χ2v) is 5.45. The predicted molar refractivity (Wildman–Crippen MR) is 77.1 cm³/mol. The number of carbonyl (C=O) groups excluding carboxylic acids is 2. The molecule has 6 heteroatoms. The highest BCUT2D eigenvalue weighted by atomic mass is 79.9. The van der Waals surface area contributed by atoms with Gasteiger partial charge in [0.25, 0.3) is 0 Å². The summed E-state index contributed by atoms with van der Waals surface area (Å²) in [6.45, 7) is 4.37. The Morgan fingerprint density at radius 2 is 1.22 bits per heavy atom. The standard InChI is InChI=1S/C12H20Br2O4/c1-9(7-13)11(15)17-5-3-4-6-18-12(16)10(2)8-14/h9-10H,3-8H2,1-2H3. The molecule has 0 aromatic heterocycles. The first kappa shape index (κ1) is 17.9. The van der Waals surface area contributed by atoms with E-state index in [1.807, 2.05) is 0 Å². The molecule has 106 valence electrons. The zero-order chi connectivity index (χ0) is 14.0. The Kier molecular flexibility index (Phi) is 10.7. The van der Waals surface area contributed by atoms with Gasteiger partial charge in [0, 0.05) is 10.7 Å². The molecule has 0 aliphatic rings. The van der Waals surface area contributed by atoms with Gasteiger partial charge in [-0.05, 0) is 12.8 Å². The first-order valence-electron chi connectivity index (χ1n) is 5.98. The van der Waals surface area contributed by atoms with Crippen molar-refractivity contribution in [3.05, 3.63) is 0 Å². The lowest BCUT2D eigenvalue weighted by molar-refractivity contribution is -0.149. The predicted octanol–water partition coefficient (Wildman–Crippen LogP) is 2.92. The smallest absolute Gasteiger partial charge is 0.309 e. The normalized spacial score (nSPS) is 13.8. The molecule has 0 aliphatic carbocycles. The summed E-state index contributed by atoms with van der Waals surface area (Å²) in [5, 5.41) is 1.21. The van der Waals surface area contributed by atoms with Crippen LogP contribution in [0.25, 0.3) is 0 Å². The van der Waals surface area contributed by atoms with E-state index in [2.05, 4.69) is 31.9 Å². The maximum atomic E-state index is 11.3. The number of alkyl halides is 2. The largest absolute Gasteiger partial charge is 0.465 e. The van der Waals surface area contributed by atoms with E-state index in [4.69, 9.17) is 9.47 Å². The Morgan fingerprint density at radius 1 is 0.889 bits per heavy atom. The lowest BCUT2D eigenvalue weighted by atomic mass is 10.2. The molecule has 0 aromatic rings. The van der Waals surface area contributed by atoms with Crippen molar-refractivity contribution in [1.82, 2.24) is 0 Å². The summed E-state index contributed by atoms with van der Waals surface area (Å²) in [5.74, 6) is -0.640. The average molecular weight is 388 g/mol. The number of unbranched alkanes of at least 4 members (excludes halogenated alkanes) is 1. The molecule has 0 aliphatic heterocycles. The van der Waals surface area contributed by atoms with Crippen LogP contribution in [0.5, 0.6) is 0 Å². The molecule has 0 aromatic carbocycles. The number of rotatable bonds is 9. The summed E-state index contributed by atoms with van der Waals surface area (Å²) >= 11 is 6.45. The van der Waals surface area contributed by atoms with Crippen LogP contribution in [0.3, 0.4) is 0 Å². The summed E-state index contributed by atoms with van der Waals surface area (Å²) in [6, 6.07) is 0. The Morgan fingerprint density at radius 3 is 1.50 bits per heavy atom. The molecule has 0 fully saturated rings. The van der Waals surface area contributed by atoms with Gasteiger partial charge >= 0.3 is 11.9 Å². The summed E-state index contributed by atoms with van der Waals surface area (Å²) in [6.07, 6.45) is 1.41. The highest BCUT2D eigenvalue weighted by Gasteiger charge is 2.13. The van der Waals surface area contributed by atoms with Gasteiger partial charge in [-0.15, -0.1) is 0 Å². The van der Waals surface area contributed by atoms with Crippen LogP contribution in [0.4, 0.5) is 0 Å². The molecule has 0 saturated carbocycles. The zero-order valence-corrected chi connectivity index (χ0v) is 14.0. The van der Waals surface area contributed by atoms with E-state index in [9.17, 15) is 9.59 Å². The molecule has 0 radical (unpaired) electrons. The van der Waals surface area contributed by atoms with E-state index in [1.54, 1.807) is 13.8 Å². The monoisotopic (exact) mass is 386 g/mol. The maximum absolute atomic E-state index is 11.3. The van der Waals surface area contributed by atoms with Crippen molar-refractivity contribution in [3.8, 4) is 0 Å². The molecule has 4 nitrogen and oxygen atoms in total. The van der Waals surface area contributed by atoms with Gasteiger partial charge in [0.1, 0.15) is 0 Å². The Labute approximate surface area is 125 Å². The van der Waals surface area contributed by atoms with E-state index >= 15 is 0 Å². The highest BCUT2D eigenvalue weighted by molar-refractivity contribution is 9.09. The van der Waals surface area contributed by atoms with Crippen molar-refractivity contribution in [3.63, 3.8) is 0 Å². The molecule has 0 bridgehead atoms. The van der Waals surface area contributed by atoms with E-state index in [1.165, 1.54) is 0 Å². The van der Waals surface area contributed by atoms with Crippen molar-refractivity contribution >= 4 is 43.8 Å². The van der Waals surface area contributed by atoms with Crippen LogP contribution in [0.2, 0.25) is 0 Å². The molecule has 0 saturated heterocycles. The molecular formula is C12H20Br2O4. The lowest BCUT2D eigenvalue weighted by Gasteiger charge is -2.10. The molecule has 0 heterocycles. The molecule has 0 rings (SSSR count). The van der Waals surface area contributed by atoms with Crippen LogP contribution in [-0.4, -0.2) is 35.8 Å². The topological polar surface area (TPSA) is 52.6 Å². The van der Waals surface area contributed by atoms with Gasteiger partial charge in [-0.25, -0.2) is 0 Å². The number of esters is 2. The van der Waals surface area contributed by atoms with Crippen molar-refractivity contribution in [1.29, 1.82) is 0 Å². The van der Waals surface area contributed by atoms with Gasteiger partial charge < -0.3 is 9.47 Å². The van der Waals surface area contributed by atoms with E-state index in [-0.39, 0.29) is 23.8 Å². The van der Waals surface area contributed by atoms with Crippen LogP contribution < -0.4 is 0 Å². The van der Waals surface area contributed by atoms with Crippen LogP contribution >= 0.6 is 31.9 Å². The van der Waals surface area contributed by atoms with E-state index in [0.717, 1.165) is 0 Å². The van der Waals surface area contributed by atoms with E-state index < -0.39 is 0 Å². The van der Waals surface area contributed by atoms with E-state index in [0.29, 0.717) is 36.7 Å². The molecule has 2 unspecified atom stereocenters. The minimum absolute atomic E-state index is 0.123. The van der Waals surface area contributed by atoms with Gasteiger partial charge in [-0.1, -0.05) is 45.7 Å². The fourth-order valence-electron chi connectivity index (χ4n) is 0.960. The van der Waals surface area contributed by atoms with Crippen LogP contribution in [0.15, 0.2) is 0 Å². The van der Waals surface area contributed by atoms with Crippen molar-refractivity contribution in [2.24, 2.45) is 11.8 Å². The molecular weight excluding hydrogens is 368 g/mol. The number of hydrogen-bond acceptors (Lipinski definition) is 4. The summed E-state index contributed by atoms with van der Waals surface area (Å²) in [4.78, 5) is 22.6. The van der Waals surface area contributed by atoms with Gasteiger partial charge in [0.15, 0.2) is 0 Å². The van der Waals surface area contributed by atoms with Crippen molar-refractivity contribution in [2.75, 3.05) is 23.9 Å². The molecule has 0 N–H and O–H groups in total. The maximum Gasteiger partial charge on any atom is 0.309 e. The molecule has 0 amide bonds. The summed E-state index contributed by atoms with van der Waals surface area (Å²) in [5.41, 5.74) is 0. The Balaban J connectivity index is 3.47.